The zero-order valence-electron chi connectivity index (χ0n) is 12.0. The van der Waals surface area contributed by atoms with Crippen molar-refractivity contribution in [1.29, 1.82) is 0 Å². The van der Waals surface area contributed by atoms with E-state index in [1.54, 1.807) is 17.4 Å². The van der Waals surface area contributed by atoms with Crippen LogP contribution in [0.25, 0.3) is 0 Å². The normalized spacial score (nSPS) is 13.0. The van der Waals surface area contributed by atoms with Gasteiger partial charge >= 0.3 is 0 Å². The lowest BCUT2D eigenvalue weighted by molar-refractivity contribution is 0.567. The number of sulfonamides is 1. The number of thiophene rings is 1. The van der Waals surface area contributed by atoms with E-state index < -0.39 is 10.0 Å². The van der Waals surface area contributed by atoms with Gasteiger partial charge in [-0.3, -0.25) is 0 Å². The molecule has 2 aromatic heterocycles. The Morgan fingerprint density at radius 2 is 2.19 bits per heavy atom. The molecule has 1 atom stereocenters. The summed E-state index contributed by atoms with van der Waals surface area (Å²) in [5, 5.41) is 6.95. The monoisotopic (exact) mass is 325 g/mol. The van der Waals surface area contributed by atoms with Gasteiger partial charge in [0.15, 0.2) is 0 Å². The molecule has 5 nitrogen and oxygen atoms in total. The first-order chi connectivity index (χ1) is 10.0. The summed E-state index contributed by atoms with van der Waals surface area (Å²) in [7, 11) is -3.56. The number of nitrogens with one attached hydrogen (secondary N) is 2. The molecule has 2 N–H and O–H groups in total. The fourth-order valence-electron chi connectivity index (χ4n) is 1.82. The van der Waals surface area contributed by atoms with Crippen LogP contribution < -0.4 is 10.0 Å². The van der Waals surface area contributed by atoms with Crippen LogP contribution in [0.1, 0.15) is 31.9 Å². The van der Waals surface area contributed by atoms with Gasteiger partial charge in [0.25, 0.3) is 0 Å². The maximum absolute atomic E-state index is 12.4. The third-order valence-corrected chi connectivity index (χ3v) is 5.21. The molecule has 0 aliphatic rings. The highest BCUT2D eigenvalue weighted by atomic mass is 32.2. The Hall–Kier alpha value is -1.44. The van der Waals surface area contributed by atoms with Crippen LogP contribution >= 0.6 is 11.3 Å². The lowest BCUT2D eigenvalue weighted by atomic mass is 10.2. The maximum atomic E-state index is 12.4. The fourth-order valence-corrected chi connectivity index (χ4v) is 3.82. The fraction of sp³-hybridized carbons (Fsp3) is 0.357. The Labute approximate surface area is 129 Å². The second-order valence-corrected chi connectivity index (χ2v) is 7.20. The van der Waals surface area contributed by atoms with Gasteiger partial charge in [0.1, 0.15) is 5.82 Å². The van der Waals surface area contributed by atoms with Crippen molar-refractivity contribution in [3.63, 3.8) is 0 Å². The molecule has 0 fully saturated rings. The SMILES string of the molecule is CCCNc1cc(S(=O)(=O)NC(C)c2ccsc2)ccn1. The first kappa shape index (κ1) is 15.9. The lowest BCUT2D eigenvalue weighted by Crippen LogP contribution is -2.26. The smallest absolute Gasteiger partial charge is 0.241 e. The maximum Gasteiger partial charge on any atom is 0.241 e. The quantitative estimate of drug-likeness (QED) is 0.821. The van der Waals surface area contributed by atoms with Crippen LogP contribution in [0.4, 0.5) is 5.82 Å². The molecule has 0 spiro atoms. The van der Waals surface area contributed by atoms with Crippen LogP contribution in [0.15, 0.2) is 40.1 Å². The molecule has 2 aromatic rings. The highest BCUT2D eigenvalue weighted by molar-refractivity contribution is 7.89. The van der Waals surface area contributed by atoms with Crippen molar-refractivity contribution in [1.82, 2.24) is 9.71 Å². The van der Waals surface area contributed by atoms with Crippen molar-refractivity contribution in [3.8, 4) is 0 Å². The first-order valence-electron chi connectivity index (χ1n) is 6.77. The van der Waals surface area contributed by atoms with Gasteiger partial charge < -0.3 is 5.32 Å². The van der Waals surface area contributed by atoms with E-state index in [1.165, 1.54) is 12.3 Å². The Morgan fingerprint density at radius 3 is 2.86 bits per heavy atom. The first-order valence-corrected chi connectivity index (χ1v) is 9.20. The highest BCUT2D eigenvalue weighted by Gasteiger charge is 2.19. The van der Waals surface area contributed by atoms with Crippen molar-refractivity contribution in [2.75, 3.05) is 11.9 Å². The van der Waals surface area contributed by atoms with E-state index in [0.717, 1.165) is 18.5 Å². The summed E-state index contributed by atoms with van der Waals surface area (Å²) in [6.07, 6.45) is 2.45. The molecule has 2 rings (SSSR count). The topological polar surface area (TPSA) is 71.1 Å². The Kier molecular flexibility index (Phi) is 5.33. The minimum absolute atomic E-state index is 0.221. The summed E-state index contributed by atoms with van der Waals surface area (Å²) in [5.41, 5.74) is 0.960. The van der Waals surface area contributed by atoms with E-state index in [9.17, 15) is 8.42 Å². The van der Waals surface area contributed by atoms with E-state index in [1.807, 2.05) is 30.7 Å². The van der Waals surface area contributed by atoms with Gasteiger partial charge in [-0.1, -0.05) is 6.92 Å². The summed E-state index contributed by atoms with van der Waals surface area (Å²) in [4.78, 5) is 4.34. The zero-order chi connectivity index (χ0) is 15.3. The number of rotatable bonds is 7. The molecular weight excluding hydrogens is 306 g/mol. The van der Waals surface area contributed by atoms with Crippen molar-refractivity contribution >= 4 is 27.2 Å². The standard InChI is InChI=1S/C14H19N3O2S2/c1-3-6-15-14-9-13(4-7-16-14)21(18,19)17-11(2)12-5-8-20-10-12/h4-5,7-11,17H,3,6H2,1-2H3,(H,15,16). The molecule has 0 radical (unpaired) electrons. The summed E-state index contributed by atoms with van der Waals surface area (Å²) in [6, 6.07) is 4.71. The number of aromatic nitrogens is 1. The summed E-state index contributed by atoms with van der Waals surface area (Å²) in [6.45, 7) is 4.63. The van der Waals surface area contributed by atoms with Gasteiger partial charge in [-0.25, -0.2) is 18.1 Å². The molecule has 0 amide bonds. The molecule has 0 bridgehead atoms. The van der Waals surface area contributed by atoms with Gasteiger partial charge in [0.2, 0.25) is 10.0 Å². The molecule has 0 aliphatic heterocycles. The van der Waals surface area contributed by atoms with Gasteiger partial charge in [-0.05, 0) is 41.8 Å². The van der Waals surface area contributed by atoms with Gasteiger partial charge in [-0.2, -0.15) is 11.3 Å². The average molecular weight is 325 g/mol. The van der Waals surface area contributed by atoms with E-state index in [0.29, 0.717) is 5.82 Å². The van der Waals surface area contributed by atoms with Crippen LogP contribution in [0.5, 0.6) is 0 Å². The summed E-state index contributed by atoms with van der Waals surface area (Å²) >= 11 is 1.55. The molecule has 2 heterocycles. The van der Waals surface area contributed by atoms with Gasteiger partial charge in [0, 0.05) is 24.8 Å². The van der Waals surface area contributed by atoms with Crippen LogP contribution in [0.2, 0.25) is 0 Å². The number of hydrogen-bond donors (Lipinski definition) is 2. The minimum Gasteiger partial charge on any atom is -0.370 e. The second kappa shape index (κ2) is 7.02. The summed E-state index contributed by atoms with van der Waals surface area (Å²) in [5.74, 6) is 0.572. The molecule has 0 aliphatic carbocycles. The van der Waals surface area contributed by atoms with Gasteiger partial charge in [0.05, 0.1) is 4.90 Å². The number of nitrogens with zero attached hydrogens (tertiary/aromatic N) is 1. The predicted octanol–water partition coefficient (Wildman–Crippen LogP) is 3.00. The molecule has 21 heavy (non-hydrogen) atoms. The Bertz CT molecular complexity index is 669. The molecule has 114 valence electrons. The van der Waals surface area contributed by atoms with Crippen LogP contribution in [-0.2, 0) is 10.0 Å². The third-order valence-electron chi connectivity index (χ3n) is 2.97. The largest absolute Gasteiger partial charge is 0.370 e. The molecular formula is C14H19N3O2S2. The predicted molar refractivity (Wildman–Crippen MR) is 86.1 cm³/mol. The average Bonchev–Trinajstić information content (AvgIpc) is 2.99. The summed E-state index contributed by atoms with van der Waals surface area (Å²) < 4.78 is 27.5. The van der Waals surface area contributed by atoms with Gasteiger partial charge in [-0.15, -0.1) is 0 Å². The molecule has 0 saturated carbocycles. The van der Waals surface area contributed by atoms with Crippen molar-refractivity contribution in [2.45, 2.75) is 31.2 Å². The van der Waals surface area contributed by atoms with Crippen molar-refractivity contribution in [2.24, 2.45) is 0 Å². The Balaban J connectivity index is 2.15. The zero-order valence-corrected chi connectivity index (χ0v) is 13.7. The molecule has 1 unspecified atom stereocenters. The molecule has 0 saturated heterocycles. The lowest BCUT2D eigenvalue weighted by Gasteiger charge is -2.13. The van der Waals surface area contributed by atoms with Crippen molar-refractivity contribution < 1.29 is 8.42 Å². The second-order valence-electron chi connectivity index (χ2n) is 4.70. The Morgan fingerprint density at radius 1 is 1.38 bits per heavy atom. The van der Waals surface area contributed by atoms with Crippen LogP contribution in [-0.4, -0.2) is 19.9 Å². The number of anilines is 1. The minimum atomic E-state index is -3.56. The van der Waals surface area contributed by atoms with E-state index in [2.05, 4.69) is 15.0 Å². The van der Waals surface area contributed by atoms with Crippen LogP contribution in [0.3, 0.4) is 0 Å². The highest BCUT2D eigenvalue weighted by Crippen LogP contribution is 2.20. The van der Waals surface area contributed by atoms with E-state index >= 15 is 0 Å². The van der Waals surface area contributed by atoms with E-state index in [4.69, 9.17) is 0 Å². The van der Waals surface area contributed by atoms with Crippen molar-refractivity contribution in [3.05, 3.63) is 40.7 Å². The number of hydrogen-bond acceptors (Lipinski definition) is 5. The molecule has 0 aromatic carbocycles. The number of pyridine rings is 1. The van der Waals surface area contributed by atoms with E-state index in [-0.39, 0.29) is 10.9 Å². The van der Waals surface area contributed by atoms with Crippen LogP contribution in [0, 0.1) is 0 Å². The third kappa shape index (κ3) is 4.26. The molecule has 7 heteroatoms.